The van der Waals surface area contributed by atoms with Crippen molar-refractivity contribution >= 4 is 28.4 Å². The van der Waals surface area contributed by atoms with Crippen molar-refractivity contribution in [1.82, 2.24) is 15.5 Å². The fourth-order valence-corrected chi connectivity index (χ4v) is 4.49. The number of aromatic amines is 1. The number of aryl methyl sites for hydroxylation is 1. The highest BCUT2D eigenvalue weighted by molar-refractivity contribution is 6.32. The first-order valence-corrected chi connectivity index (χ1v) is 10.2. The maximum Gasteiger partial charge on any atom is 0.226 e. The van der Waals surface area contributed by atoms with Crippen LogP contribution in [-0.2, 0) is 22.7 Å². The summed E-state index contributed by atoms with van der Waals surface area (Å²) in [5.41, 5.74) is 2.61. The SMILES string of the molecule is Cc1cc(COc2cc3[nH]c(CNC(=O)C4CC5CCC4O5)cc3cc2Cl)on1. The lowest BCUT2D eigenvalue weighted by molar-refractivity contribution is -0.126. The molecule has 1 amide bonds. The van der Waals surface area contributed by atoms with Crippen molar-refractivity contribution < 1.29 is 18.8 Å². The predicted molar refractivity (Wildman–Crippen MR) is 107 cm³/mol. The van der Waals surface area contributed by atoms with Crippen molar-refractivity contribution in [2.75, 3.05) is 0 Å². The number of hydrogen-bond acceptors (Lipinski definition) is 5. The van der Waals surface area contributed by atoms with Crippen molar-refractivity contribution in [3.63, 3.8) is 0 Å². The second-order valence-corrected chi connectivity index (χ2v) is 8.23. The molecule has 0 spiro atoms. The van der Waals surface area contributed by atoms with Crippen LogP contribution in [0.5, 0.6) is 5.75 Å². The Kier molecular flexibility index (Phi) is 4.72. The number of fused-ring (bicyclic) bond motifs is 3. The van der Waals surface area contributed by atoms with Gasteiger partial charge in [-0.3, -0.25) is 4.79 Å². The predicted octanol–water partition coefficient (Wildman–Crippen LogP) is 3.88. The molecule has 7 nitrogen and oxygen atoms in total. The van der Waals surface area contributed by atoms with E-state index in [0.29, 0.717) is 23.1 Å². The van der Waals surface area contributed by atoms with Crippen LogP contribution in [-0.4, -0.2) is 28.3 Å². The van der Waals surface area contributed by atoms with Crippen LogP contribution in [0.3, 0.4) is 0 Å². The Morgan fingerprint density at radius 2 is 2.24 bits per heavy atom. The molecule has 2 bridgehead atoms. The average Bonchev–Trinajstić information content (AvgIpc) is 3.48. The van der Waals surface area contributed by atoms with Crippen LogP contribution in [0.4, 0.5) is 0 Å². The Morgan fingerprint density at radius 3 is 2.97 bits per heavy atom. The molecule has 2 aromatic heterocycles. The maximum absolute atomic E-state index is 12.5. The smallest absolute Gasteiger partial charge is 0.226 e. The Labute approximate surface area is 172 Å². The van der Waals surface area contributed by atoms with Crippen LogP contribution in [0, 0.1) is 12.8 Å². The first kappa shape index (κ1) is 18.5. The van der Waals surface area contributed by atoms with E-state index >= 15 is 0 Å². The molecule has 2 N–H and O–H groups in total. The molecule has 3 aromatic rings. The van der Waals surface area contributed by atoms with Gasteiger partial charge in [-0.05, 0) is 38.3 Å². The van der Waals surface area contributed by atoms with Crippen LogP contribution in [0.25, 0.3) is 10.9 Å². The molecule has 2 fully saturated rings. The van der Waals surface area contributed by atoms with E-state index in [9.17, 15) is 4.79 Å². The number of nitrogens with zero attached hydrogens (tertiary/aromatic N) is 1. The van der Waals surface area contributed by atoms with Gasteiger partial charge in [0.25, 0.3) is 0 Å². The Bertz CT molecular complexity index is 1060. The number of aromatic nitrogens is 2. The lowest BCUT2D eigenvalue weighted by atomic mass is 9.88. The van der Waals surface area contributed by atoms with E-state index in [-0.39, 0.29) is 30.6 Å². The minimum Gasteiger partial charge on any atom is -0.484 e. The highest BCUT2D eigenvalue weighted by Gasteiger charge is 2.44. The van der Waals surface area contributed by atoms with Crippen molar-refractivity contribution in [1.29, 1.82) is 0 Å². The minimum atomic E-state index is -0.0210. The summed E-state index contributed by atoms with van der Waals surface area (Å²) in [6.45, 7) is 2.55. The van der Waals surface area contributed by atoms with Gasteiger partial charge in [0.05, 0.1) is 35.4 Å². The average molecular weight is 416 g/mol. The zero-order chi connectivity index (χ0) is 20.0. The van der Waals surface area contributed by atoms with E-state index in [1.807, 2.05) is 31.2 Å². The Morgan fingerprint density at radius 1 is 1.34 bits per heavy atom. The number of ether oxygens (including phenoxy) is 2. The summed E-state index contributed by atoms with van der Waals surface area (Å²) >= 11 is 6.36. The summed E-state index contributed by atoms with van der Waals surface area (Å²) in [6, 6.07) is 7.52. The number of nitrogens with one attached hydrogen (secondary N) is 2. The normalized spacial score (nSPS) is 23.0. The van der Waals surface area contributed by atoms with Gasteiger partial charge in [0.2, 0.25) is 5.91 Å². The number of rotatable bonds is 6. The summed E-state index contributed by atoms with van der Waals surface area (Å²) in [5, 5.41) is 8.35. The van der Waals surface area contributed by atoms with E-state index in [0.717, 1.165) is 41.6 Å². The van der Waals surface area contributed by atoms with E-state index in [4.69, 9.17) is 25.6 Å². The number of carbonyl (C=O) groups is 1. The summed E-state index contributed by atoms with van der Waals surface area (Å²) in [7, 11) is 0. The fraction of sp³-hybridized carbons (Fsp3) is 0.429. The molecule has 0 saturated carbocycles. The third-order valence-electron chi connectivity index (χ3n) is 5.67. The lowest BCUT2D eigenvalue weighted by Crippen LogP contribution is -2.35. The van der Waals surface area contributed by atoms with Gasteiger partial charge in [0, 0.05) is 28.7 Å². The van der Waals surface area contributed by atoms with Gasteiger partial charge in [0.1, 0.15) is 12.4 Å². The third-order valence-corrected chi connectivity index (χ3v) is 5.97. The largest absolute Gasteiger partial charge is 0.484 e. The molecule has 3 unspecified atom stereocenters. The van der Waals surface area contributed by atoms with Crippen molar-refractivity contribution in [3.8, 4) is 5.75 Å². The van der Waals surface area contributed by atoms with Crippen LogP contribution in [0.2, 0.25) is 5.02 Å². The number of amides is 1. The van der Waals surface area contributed by atoms with Gasteiger partial charge >= 0.3 is 0 Å². The molecule has 4 heterocycles. The molecule has 2 aliphatic rings. The second-order valence-electron chi connectivity index (χ2n) is 7.82. The molecule has 29 heavy (non-hydrogen) atoms. The Hall–Kier alpha value is -2.51. The molecular formula is C21H22ClN3O4. The number of hydrogen-bond donors (Lipinski definition) is 2. The van der Waals surface area contributed by atoms with Crippen molar-refractivity contribution in [2.24, 2.45) is 5.92 Å². The van der Waals surface area contributed by atoms with E-state index in [1.165, 1.54) is 0 Å². The molecule has 2 aliphatic heterocycles. The van der Waals surface area contributed by atoms with Gasteiger partial charge in [-0.25, -0.2) is 0 Å². The second kappa shape index (κ2) is 7.39. The first-order valence-electron chi connectivity index (χ1n) is 9.84. The zero-order valence-corrected chi connectivity index (χ0v) is 16.8. The quantitative estimate of drug-likeness (QED) is 0.637. The van der Waals surface area contributed by atoms with Crippen LogP contribution in [0.1, 0.15) is 36.4 Å². The fourth-order valence-electron chi connectivity index (χ4n) is 4.26. The van der Waals surface area contributed by atoms with Crippen LogP contribution < -0.4 is 10.1 Å². The van der Waals surface area contributed by atoms with E-state index < -0.39 is 0 Å². The molecule has 1 aromatic carbocycles. The van der Waals surface area contributed by atoms with Crippen molar-refractivity contribution in [3.05, 3.63) is 46.4 Å². The molecule has 8 heteroatoms. The van der Waals surface area contributed by atoms with Crippen LogP contribution in [0.15, 0.2) is 28.8 Å². The molecule has 3 atom stereocenters. The van der Waals surface area contributed by atoms with Gasteiger partial charge in [-0.1, -0.05) is 16.8 Å². The molecule has 0 aliphatic carbocycles. The highest BCUT2D eigenvalue weighted by Crippen LogP contribution is 2.38. The summed E-state index contributed by atoms with van der Waals surface area (Å²) in [4.78, 5) is 15.8. The van der Waals surface area contributed by atoms with Gasteiger partial charge in [-0.2, -0.15) is 0 Å². The number of halogens is 1. The molecular weight excluding hydrogens is 394 g/mol. The highest BCUT2D eigenvalue weighted by atomic mass is 35.5. The number of benzene rings is 1. The van der Waals surface area contributed by atoms with Crippen molar-refractivity contribution in [2.45, 2.75) is 51.5 Å². The summed E-state index contributed by atoms with van der Waals surface area (Å²) in [6.07, 6.45) is 3.27. The molecule has 152 valence electrons. The zero-order valence-electron chi connectivity index (χ0n) is 16.0. The summed E-state index contributed by atoms with van der Waals surface area (Å²) in [5.74, 6) is 1.25. The first-order chi connectivity index (χ1) is 14.0. The molecule has 2 saturated heterocycles. The van der Waals surface area contributed by atoms with Crippen LogP contribution >= 0.6 is 11.6 Å². The standard InChI is InChI=1S/C21H22ClN3O4/c1-11-4-15(29-25-11)10-27-20-8-18-12(6-17(20)22)5-13(24-18)9-23-21(26)16-7-14-2-3-19(16)28-14/h4-6,8,14,16,19,24H,2-3,7,9-10H2,1H3,(H,23,26). The molecule has 5 rings (SSSR count). The Balaban J connectivity index is 1.24. The molecule has 0 radical (unpaired) electrons. The third kappa shape index (κ3) is 3.72. The minimum absolute atomic E-state index is 0.0210. The topological polar surface area (TPSA) is 89.4 Å². The number of carbonyl (C=O) groups excluding carboxylic acids is 1. The summed E-state index contributed by atoms with van der Waals surface area (Å²) < 4.78 is 16.7. The van der Waals surface area contributed by atoms with Gasteiger partial charge in [0.15, 0.2) is 5.76 Å². The van der Waals surface area contributed by atoms with E-state index in [1.54, 1.807) is 0 Å². The maximum atomic E-state index is 12.5. The van der Waals surface area contributed by atoms with Gasteiger partial charge in [-0.15, -0.1) is 0 Å². The lowest BCUT2D eigenvalue weighted by Gasteiger charge is -2.17. The number of H-pyrrole nitrogens is 1. The monoisotopic (exact) mass is 415 g/mol. The van der Waals surface area contributed by atoms with E-state index in [2.05, 4.69) is 15.5 Å². The van der Waals surface area contributed by atoms with Gasteiger partial charge < -0.3 is 24.3 Å².